The van der Waals surface area contributed by atoms with Crippen molar-refractivity contribution in [3.8, 4) is 16.9 Å². The molecule has 0 radical (unpaired) electrons. The predicted molar refractivity (Wildman–Crippen MR) is 101 cm³/mol. The molecule has 8 heteroatoms. The molecule has 0 aromatic heterocycles. The van der Waals surface area contributed by atoms with E-state index in [1.807, 2.05) is 0 Å². The molecular formula is C21H19F3N2O3. The largest absolute Gasteiger partial charge is 0.496 e. The number of hydrogen-bond donors (Lipinski definition) is 0. The van der Waals surface area contributed by atoms with Gasteiger partial charge in [0.1, 0.15) is 5.75 Å². The van der Waals surface area contributed by atoms with Gasteiger partial charge < -0.3 is 14.4 Å². The van der Waals surface area contributed by atoms with Crippen molar-refractivity contribution >= 4 is 12.1 Å². The zero-order valence-corrected chi connectivity index (χ0v) is 15.8. The smallest absolute Gasteiger partial charge is 0.416 e. The number of fused-ring (bicyclic) bond motifs is 1. The van der Waals surface area contributed by atoms with Crippen molar-refractivity contribution in [2.45, 2.75) is 12.7 Å². The highest BCUT2D eigenvalue weighted by Gasteiger charge is 2.33. The average molecular weight is 404 g/mol. The van der Waals surface area contributed by atoms with Gasteiger partial charge in [-0.3, -0.25) is 9.79 Å². The molecule has 2 aromatic rings. The molecule has 0 unspecified atom stereocenters. The third-order valence-corrected chi connectivity index (χ3v) is 5.11. The Morgan fingerprint density at radius 1 is 1.14 bits per heavy atom. The predicted octanol–water partition coefficient (Wildman–Crippen LogP) is 3.79. The van der Waals surface area contributed by atoms with Crippen LogP contribution in [-0.2, 0) is 17.5 Å². The molecule has 2 aromatic carbocycles. The molecule has 2 heterocycles. The summed E-state index contributed by atoms with van der Waals surface area (Å²) in [5.74, 6) is 0.180. The summed E-state index contributed by atoms with van der Waals surface area (Å²) in [4.78, 5) is 18.5. The monoisotopic (exact) mass is 404 g/mol. The number of ether oxygens (including phenoxy) is 2. The number of carbonyl (C=O) groups is 1. The second-order valence-corrected chi connectivity index (χ2v) is 6.88. The fraction of sp³-hybridized carbons (Fsp3) is 0.333. The number of alkyl halides is 3. The van der Waals surface area contributed by atoms with Crippen LogP contribution in [0.1, 0.15) is 27.0 Å². The number of methoxy groups -OCH3 is 1. The molecule has 4 rings (SSSR count). The van der Waals surface area contributed by atoms with E-state index in [9.17, 15) is 18.0 Å². The molecule has 1 amide bonds. The summed E-state index contributed by atoms with van der Waals surface area (Å²) in [6.07, 6.45) is -2.89. The van der Waals surface area contributed by atoms with Crippen molar-refractivity contribution in [3.05, 3.63) is 52.6 Å². The van der Waals surface area contributed by atoms with Crippen LogP contribution in [-0.4, -0.2) is 50.4 Å². The third kappa shape index (κ3) is 3.72. The SMILES string of the molecule is COc1cc(C(=O)N2CCOCC2)ccc1-c1cc(C(F)(F)F)cc2c1C=NC2. The van der Waals surface area contributed by atoms with Crippen LogP contribution in [0.4, 0.5) is 13.2 Å². The Bertz CT molecular complexity index is 980. The van der Waals surface area contributed by atoms with Crippen LogP contribution >= 0.6 is 0 Å². The van der Waals surface area contributed by atoms with Gasteiger partial charge in [0.05, 0.1) is 32.4 Å². The summed E-state index contributed by atoms with van der Waals surface area (Å²) < 4.78 is 50.8. The number of rotatable bonds is 3. The van der Waals surface area contributed by atoms with Gasteiger partial charge in [0.15, 0.2) is 0 Å². The summed E-state index contributed by atoms with van der Waals surface area (Å²) >= 11 is 0. The maximum absolute atomic E-state index is 13.4. The summed E-state index contributed by atoms with van der Waals surface area (Å²) in [5, 5.41) is 0. The van der Waals surface area contributed by atoms with Gasteiger partial charge in [-0.2, -0.15) is 13.2 Å². The van der Waals surface area contributed by atoms with Crippen molar-refractivity contribution in [1.29, 1.82) is 0 Å². The van der Waals surface area contributed by atoms with Crippen molar-refractivity contribution in [1.82, 2.24) is 4.90 Å². The lowest BCUT2D eigenvalue weighted by Crippen LogP contribution is -2.40. The molecule has 5 nitrogen and oxygen atoms in total. The van der Waals surface area contributed by atoms with Crippen LogP contribution in [0.5, 0.6) is 5.75 Å². The fourth-order valence-electron chi connectivity index (χ4n) is 3.61. The van der Waals surface area contributed by atoms with Gasteiger partial charge in [-0.1, -0.05) is 0 Å². The van der Waals surface area contributed by atoms with Gasteiger partial charge in [-0.05, 0) is 41.5 Å². The Kier molecular flexibility index (Phi) is 5.04. The Balaban J connectivity index is 1.77. The first-order valence-corrected chi connectivity index (χ1v) is 9.18. The van der Waals surface area contributed by atoms with E-state index < -0.39 is 11.7 Å². The summed E-state index contributed by atoms with van der Waals surface area (Å²) in [6, 6.07) is 7.07. The van der Waals surface area contributed by atoms with Crippen molar-refractivity contribution < 1.29 is 27.4 Å². The Hall–Kier alpha value is -2.87. The minimum absolute atomic E-state index is 0.158. The molecule has 2 aliphatic heterocycles. The highest BCUT2D eigenvalue weighted by Crippen LogP contribution is 2.40. The van der Waals surface area contributed by atoms with Crippen LogP contribution < -0.4 is 4.74 Å². The van der Waals surface area contributed by atoms with Gasteiger partial charge in [-0.15, -0.1) is 0 Å². The molecule has 0 N–H and O–H groups in total. The second-order valence-electron chi connectivity index (χ2n) is 6.88. The number of amides is 1. The van der Waals surface area contributed by atoms with Gasteiger partial charge in [0.2, 0.25) is 0 Å². The van der Waals surface area contributed by atoms with Crippen LogP contribution in [0, 0.1) is 0 Å². The number of halogens is 3. The van der Waals surface area contributed by atoms with Crippen LogP contribution in [0.25, 0.3) is 11.1 Å². The molecule has 2 aliphatic rings. The number of morpholine rings is 1. The molecule has 1 fully saturated rings. The number of benzene rings is 2. The molecule has 29 heavy (non-hydrogen) atoms. The van der Waals surface area contributed by atoms with Gasteiger partial charge >= 0.3 is 6.18 Å². The zero-order chi connectivity index (χ0) is 20.6. The Morgan fingerprint density at radius 2 is 1.90 bits per heavy atom. The van der Waals surface area contributed by atoms with E-state index in [-0.39, 0.29) is 12.5 Å². The molecule has 1 saturated heterocycles. The molecule has 0 bridgehead atoms. The average Bonchev–Trinajstić information content (AvgIpc) is 3.21. The first-order chi connectivity index (χ1) is 13.9. The minimum atomic E-state index is -4.47. The Labute approximate surface area is 165 Å². The fourth-order valence-corrected chi connectivity index (χ4v) is 3.61. The molecular weight excluding hydrogens is 385 g/mol. The van der Waals surface area contributed by atoms with Crippen molar-refractivity contribution in [2.24, 2.45) is 4.99 Å². The minimum Gasteiger partial charge on any atom is -0.496 e. The summed E-state index contributed by atoms with van der Waals surface area (Å²) in [7, 11) is 1.43. The van der Waals surface area contributed by atoms with E-state index in [0.717, 1.165) is 12.1 Å². The summed E-state index contributed by atoms with van der Waals surface area (Å²) in [5.41, 5.74) is 1.73. The van der Waals surface area contributed by atoms with Crippen LogP contribution in [0.15, 0.2) is 35.3 Å². The highest BCUT2D eigenvalue weighted by molar-refractivity contribution is 5.98. The maximum atomic E-state index is 13.4. The van der Waals surface area contributed by atoms with E-state index in [0.29, 0.717) is 59.9 Å². The third-order valence-electron chi connectivity index (χ3n) is 5.11. The zero-order valence-electron chi connectivity index (χ0n) is 15.8. The summed E-state index contributed by atoms with van der Waals surface area (Å²) in [6.45, 7) is 2.18. The highest BCUT2D eigenvalue weighted by atomic mass is 19.4. The van der Waals surface area contributed by atoms with Crippen molar-refractivity contribution in [2.75, 3.05) is 33.4 Å². The number of carbonyl (C=O) groups excluding carboxylic acids is 1. The lowest BCUT2D eigenvalue weighted by atomic mass is 9.93. The second kappa shape index (κ2) is 7.51. The van der Waals surface area contributed by atoms with Gasteiger partial charge in [-0.25, -0.2) is 0 Å². The Morgan fingerprint density at radius 3 is 2.59 bits per heavy atom. The first kappa shape index (κ1) is 19.4. The first-order valence-electron chi connectivity index (χ1n) is 9.18. The van der Waals surface area contributed by atoms with Crippen molar-refractivity contribution in [3.63, 3.8) is 0 Å². The number of nitrogens with zero attached hydrogens (tertiary/aromatic N) is 2. The van der Waals surface area contributed by atoms with E-state index in [2.05, 4.69) is 4.99 Å². The molecule has 0 spiro atoms. The van der Waals surface area contributed by atoms with Gasteiger partial charge in [0, 0.05) is 36.0 Å². The topological polar surface area (TPSA) is 51.1 Å². The van der Waals surface area contributed by atoms with Gasteiger partial charge in [0.25, 0.3) is 5.91 Å². The molecule has 0 aliphatic carbocycles. The van der Waals surface area contributed by atoms with E-state index in [1.165, 1.54) is 7.11 Å². The van der Waals surface area contributed by atoms with Crippen LogP contribution in [0.3, 0.4) is 0 Å². The number of aliphatic imine (C=N–C) groups is 1. The van der Waals surface area contributed by atoms with E-state index in [1.54, 1.807) is 29.3 Å². The van der Waals surface area contributed by atoms with E-state index >= 15 is 0 Å². The molecule has 0 atom stereocenters. The molecule has 0 saturated carbocycles. The van der Waals surface area contributed by atoms with E-state index in [4.69, 9.17) is 9.47 Å². The van der Waals surface area contributed by atoms with Crippen LogP contribution in [0.2, 0.25) is 0 Å². The normalized spacial score (nSPS) is 16.1. The quantitative estimate of drug-likeness (QED) is 0.782. The molecule has 152 valence electrons. The standard InChI is InChI=1S/C21H19F3N2O3/c1-28-19-9-13(20(27)26-4-6-29-7-5-26)2-3-16(19)17-10-15(21(22,23)24)8-14-11-25-12-18(14)17/h2-3,8-10,12H,4-7,11H2,1H3. The lowest BCUT2D eigenvalue weighted by Gasteiger charge is -2.27. The maximum Gasteiger partial charge on any atom is 0.416 e. The lowest BCUT2D eigenvalue weighted by molar-refractivity contribution is -0.137. The number of hydrogen-bond acceptors (Lipinski definition) is 4.